The molecule has 0 aromatic heterocycles. The maximum absolute atomic E-state index is 12.5. The molecule has 0 bridgehead atoms. The van der Waals surface area contributed by atoms with Crippen molar-refractivity contribution in [1.29, 1.82) is 0 Å². The van der Waals surface area contributed by atoms with E-state index in [0.717, 1.165) is 50.0 Å². The fourth-order valence-electron chi connectivity index (χ4n) is 5.17. The van der Waals surface area contributed by atoms with E-state index in [1.54, 1.807) is 7.11 Å². The third kappa shape index (κ3) is 6.05. The van der Waals surface area contributed by atoms with Crippen LogP contribution in [-0.2, 0) is 11.2 Å². The molecule has 1 amide bonds. The summed E-state index contributed by atoms with van der Waals surface area (Å²) in [6.45, 7) is 0.707. The van der Waals surface area contributed by atoms with E-state index >= 15 is 0 Å². The number of rotatable bonds is 10. The van der Waals surface area contributed by atoms with Gasteiger partial charge in [0.15, 0.2) is 11.5 Å². The molecule has 2 aliphatic rings. The van der Waals surface area contributed by atoms with Crippen molar-refractivity contribution in [3.05, 3.63) is 59.7 Å². The zero-order chi connectivity index (χ0) is 22.2. The zero-order valence-electron chi connectivity index (χ0n) is 19.4. The minimum Gasteiger partial charge on any atom is -0.493 e. The highest BCUT2D eigenvalue weighted by Crippen LogP contribution is 2.37. The predicted octanol–water partition coefficient (Wildman–Crippen LogP) is 6.04. The number of carbonyl (C=O) groups excluding carboxylic acids is 1. The van der Waals surface area contributed by atoms with E-state index in [2.05, 4.69) is 47.8 Å². The second kappa shape index (κ2) is 11.4. The van der Waals surface area contributed by atoms with Gasteiger partial charge in [0.2, 0.25) is 5.91 Å². The predicted molar refractivity (Wildman–Crippen MR) is 128 cm³/mol. The number of nitrogens with one attached hydrogen (secondary N) is 1. The Morgan fingerprint density at radius 1 is 0.969 bits per heavy atom. The van der Waals surface area contributed by atoms with Crippen LogP contribution in [0.4, 0.5) is 0 Å². The highest BCUT2D eigenvalue weighted by atomic mass is 16.5. The van der Waals surface area contributed by atoms with Crippen molar-refractivity contribution in [2.75, 3.05) is 13.7 Å². The molecule has 1 N–H and O–H groups in total. The minimum absolute atomic E-state index is 0.103. The summed E-state index contributed by atoms with van der Waals surface area (Å²) in [5.41, 5.74) is 2.64. The van der Waals surface area contributed by atoms with E-state index in [-0.39, 0.29) is 11.8 Å². The Bertz CT molecular complexity index is 860. The van der Waals surface area contributed by atoms with Crippen LogP contribution in [0.5, 0.6) is 11.5 Å². The SMILES string of the molecule is COc1ccc(C2CNC(=O)C(CCCCCc3ccccc3)C2)cc1OC1CCCC1. The summed E-state index contributed by atoms with van der Waals surface area (Å²) in [4.78, 5) is 12.5. The van der Waals surface area contributed by atoms with Crippen molar-refractivity contribution in [3.63, 3.8) is 0 Å². The Morgan fingerprint density at radius 2 is 1.78 bits per heavy atom. The van der Waals surface area contributed by atoms with Crippen molar-refractivity contribution in [2.45, 2.75) is 76.2 Å². The van der Waals surface area contributed by atoms with Crippen LogP contribution in [0.2, 0.25) is 0 Å². The van der Waals surface area contributed by atoms with Gasteiger partial charge in [0, 0.05) is 18.4 Å². The Morgan fingerprint density at radius 3 is 2.56 bits per heavy atom. The molecule has 1 heterocycles. The lowest BCUT2D eigenvalue weighted by atomic mass is 9.82. The molecule has 4 rings (SSSR count). The van der Waals surface area contributed by atoms with Crippen LogP contribution in [0, 0.1) is 5.92 Å². The van der Waals surface area contributed by atoms with Crippen molar-refractivity contribution < 1.29 is 14.3 Å². The molecule has 2 aromatic rings. The summed E-state index contributed by atoms with van der Waals surface area (Å²) in [7, 11) is 1.70. The lowest BCUT2D eigenvalue weighted by Gasteiger charge is -2.30. The first-order chi connectivity index (χ1) is 15.7. The lowest BCUT2D eigenvalue weighted by molar-refractivity contribution is -0.127. The highest BCUT2D eigenvalue weighted by molar-refractivity contribution is 5.79. The van der Waals surface area contributed by atoms with Gasteiger partial charge >= 0.3 is 0 Å². The number of hydrogen-bond donors (Lipinski definition) is 1. The number of ether oxygens (including phenoxy) is 2. The fraction of sp³-hybridized carbons (Fsp3) is 0.536. The van der Waals surface area contributed by atoms with Crippen molar-refractivity contribution in [3.8, 4) is 11.5 Å². The largest absolute Gasteiger partial charge is 0.493 e. The van der Waals surface area contributed by atoms with Crippen molar-refractivity contribution in [1.82, 2.24) is 5.32 Å². The van der Waals surface area contributed by atoms with Gasteiger partial charge in [-0.2, -0.15) is 0 Å². The number of unbranched alkanes of at least 4 members (excludes halogenated alkanes) is 2. The Labute approximate surface area is 192 Å². The molecule has 2 atom stereocenters. The van der Waals surface area contributed by atoms with Gasteiger partial charge in [-0.05, 0) is 74.6 Å². The van der Waals surface area contributed by atoms with Gasteiger partial charge < -0.3 is 14.8 Å². The van der Waals surface area contributed by atoms with Gasteiger partial charge in [0.1, 0.15) is 0 Å². The highest BCUT2D eigenvalue weighted by Gasteiger charge is 2.29. The van der Waals surface area contributed by atoms with Crippen LogP contribution in [0.25, 0.3) is 0 Å². The number of amides is 1. The second-order valence-corrected chi connectivity index (χ2v) is 9.39. The third-order valence-corrected chi connectivity index (χ3v) is 7.08. The first-order valence-electron chi connectivity index (χ1n) is 12.4. The van der Waals surface area contributed by atoms with Gasteiger partial charge in [-0.15, -0.1) is 0 Å². The molecular formula is C28H37NO3. The van der Waals surface area contributed by atoms with Crippen LogP contribution in [-0.4, -0.2) is 25.7 Å². The van der Waals surface area contributed by atoms with E-state index < -0.39 is 0 Å². The second-order valence-electron chi connectivity index (χ2n) is 9.39. The molecule has 1 aliphatic carbocycles. The summed E-state index contributed by atoms with van der Waals surface area (Å²) in [5, 5.41) is 3.16. The number of carbonyl (C=O) groups is 1. The molecule has 4 nitrogen and oxygen atoms in total. The first kappa shape index (κ1) is 22.7. The standard InChI is InChI=1S/C28H37NO3/c1-31-26-17-16-22(19-27(26)32-25-14-8-9-15-25)24-18-23(28(30)29-20-24)13-7-3-6-12-21-10-4-2-5-11-21/h2,4-5,10-11,16-17,19,23-25H,3,6-9,12-15,18,20H2,1H3,(H,29,30). The van der Waals surface area contributed by atoms with E-state index in [1.165, 1.54) is 36.8 Å². The molecule has 1 aliphatic heterocycles. The average Bonchev–Trinajstić information content (AvgIpc) is 3.34. The van der Waals surface area contributed by atoms with Crippen molar-refractivity contribution >= 4 is 5.91 Å². The van der Waals surface area contributed by atoms with Gasteiger partial charge in [-0.3, -0.25) is 4.79 Å². The van der Waals surface area contributed by atoms with Crippen LogP contribution < -0.4 is 14.8 Å². The topological polar surface area (TPSA) is 47.6 Å². The Hall–Kier alpha value is -2.49. The summed E-state index contributed by atoms with van der Waals surface area (Å²) >= 11 is 0. The molecule has 1 saturated heterocycles. The van der Waals surface area contributed by atoms with E-state index in [1.807, 2.05) is 6.07 Å². The summed E-state index contributed by atoms with van der Waals surface area (Å²) in [5.74, 6) is 2.31. The van der Waals surface area contributed by atoms with Crippen LogP contribution in [0.3, 0.4) is 0 Å². The molecule has 2 fully saturated rings. The van der Waals surface area contributed by atoms with E-state index in [4.69, 9.17) is 9.47 Å². The molecule has 32 heavy (non-hydrogen) atoms. The van der Waals surface area contributed by atoms with E-state index in [0.29, 0.717) is 18.6 Å². The smallest absolute Gasteiger partial charge is 0.223 e. The lowest BCUT2D eigenvalue weighted by Crippen LogP contribution is -2.40. The quantitative estimate of drug-likeness (QED) is 0.463. The minimum atomic E-state index is 0.103. The number of aryl methyl sites for hydroxylation is 1. The third-order valence-electron chi connectivity index (χ3n) is 7.08. The van der Waals surface area contributed by atoms with Gasteiger partial charge in [0.05, 0.1) is 13.2 Å². The van der Waals surface area contributed by atoms with Crippen LogP contribution in [0.15, 0.2) is 48.5 Å². The average molecular weight is 436 g/mol. The zero-order valence-corrected chi connectivity index (χ0v) is 19.4. The summed E-state index contributed by atoms with van der Waals surface area (Å²) in [6, 6.07) is 17.0. The molecule has 2 unspecified atom stereocenters. The number of methoxy groups -OCH3 is 1. The fourth-order valence-corrected chi connectivity index (χ4v) is 5.17. The van der Waals surface area contributed by atoms with Gasteiger partial charge in [-0.1, -0.05) is 49.2 Å². The normalized spacial score (nSPS) is 21.3. The van der Waals surface area contributed by atoms with Gasteiger partial charge in [-0.25, -0.2) is 0 Å². The maximum Gasteiger partial charge on any atom is 0.223 e. The number of piperidine rings is 1. The first-order valence-corrected chi connectivity index (χ1v) is 12.4. The van der Waals surface area contributed by atoms with E-state index in [9.17, 15) is 4.79 Å². The molecule has 4 heteroatoms. The number of benzene rings is 2. The molecule has 2 aromatic carbocycles. The van der Waals surface area contributed by atoms with Gasteiger partial charge in [0.25, 0.3) is 0 Å². The number of hydrogen-bond acceptors (Lipinski definition) is 3. The molecule has 1 saturated carbocycles. The monoisotopic (exact) mass is 435 g/mol. The summed E-state index contributed by atoms with van der Waals surface area (Å²) in [6.07, 6.45) is 11.5. The summed E-state index contributed by atoms with van der Waals surface area (Å²) < 4.78 is 11.8. The van der Waals surface area contributed by atoms with Crippen LogP contribution >= 0.6 is 0 Å². The van der Waals surface area contributed by atoms with Crippen LogP contribution in [0.1, 0.15) is 74.8 Å². The molecule has 0 radical (unpaired) electrons. The Balaban J connectivity index is 1.30. The molecular weight excluding hydrogens is 398 g/mol. The Kier molecular flexibility index (Phi) is 8.08. The van der Waals surface area contributed by atoms with Crippen molar-refractivity contribution in [2.24, 2.45) is 5.92 Å². The molecule has 172 valence electrons. The maximum atomic E-state index is 12.5. The molecule has 0 spiro atoms.